The number of hydrogen-bond donors (Lipinski definition) is 1. The Morgan fingerprint density at radius 1 is 0.964 bits per heavy atom. The fourth-order valence-corrected chi connectivity index (χ4v) is 2.49. The first-order valence-electron chi connectivity index (χ1n) is 9.14. The van der Waals surface area contributed by atoms with Crippen molar-refractivity contribution in [3.63, 3.8) is 0 Å². The second kappa shape index (κ2) is 8.99. The van der Waals surface area contributed by atoms with Crippen LogP contribution >= 0.6 is 0 Å². The molecule has 3 aromatic rings. The van der Waals surface area contributed by atoms with E-state index in [1.54, 1.807) is 43.8 Å². The number of amides is 1. The van der Waals surface area contributed by atoms with Gasteiger partial charge in [0.2, 0.25) is 0 Å². The number of aromatic nitrogens is 2. The smallest absolute Gasteiger partial charge is 0.321 e. The van der Waals surface area contributed by atoms with Crippen LogP contribution in [0.1, 0.15) is 30.6 Å². The lowest BCUT2D eigenvalue weighted by Gasteiger charge is -2.11. The first-order chi connectivity index (χ1) is 13.6. The summed E-state index contributed by atoms with van der Waals surface area (Å²) < 4.78 is 10.8. The van der Waals surface area contributed by atoms with Crippen LogP contribution in [0.5, 0.6) is 17.5 Å². The standard InChI is InChI=1S/C22H23N3O3/c1-4-15(2)25-21(26)17-7-5-16(6-8-17)18-13-23-22(24-14-18)28-20-11-9-19(27-3)10-12-20/h5-15H,4H2,1-3H3,(H,25,26)/t15-/m1/s1. The normalized spacial score (nSPS) is 11.5. The summed E-state index contributed by atoms with van der Waals surface area (Å²) in [6.45, 7) is 4.02. The van der Waals surface area contributed by atoms with Gasteiger partial charge in [0.05, 0.1) is 7.11 Å². The second-order valence-electron chi connectivity index (χ2n) is 6.39. The molecule has 0 radical (unpaired) electrons. The zero-order valence-corrected chi connectivity index (χ0v) is 16.2. The van der Waals surface area contributed by atoms with Crippen molar-refractivity contribution in [3.05, 3.63) is 66.5 Å². The van der Waals surface area contributed by atoms with Crippen LogP contribution in [0.15, 0.2) is 60.9 Å². The number of carbonyl (C=O) groups is 1. The number of nitrogens with zero attached hydrogens (tertiary/aromatic N) is 2. The van der Waals surface area contributed by atoms with Crippen molar-refractivity contribution >= 4 is 5.91 Å². The van der Waals surface area contributed by atoms with Crippen molar-refractivity contribution < 1.29 is 14.3 Å². The van der Waals surface area contributed by atoms with Gasteiger partial charge in [0, 0.05) is 29.6 Å². The van der Waals surface area contributed by atoms with E-state index in [9.17, 15) is 4.79 Å². The van der Waals surface area contributed by atoms with Gasteiger partial charge in [0.25, 0.3) is 5.91 Å². The highest BCUT2D eigenvalue weighted by atomic mass is 16.5. The van der Waals surface area contributed by atoms with Crippen LogP contribution < -0.4 is 14.8 Å². The fourth-order valence-electron chi connectivity index (χ4n) is 2.49. The van der Waals surface area contributed by atoms with Gasteiger partial charge < -0.3 is 14.8 Å². The van der Waals surface area contributed by atoms with Gasteiger partial charge in [-0.2, -0.15) is 0 Å². The summed E-state index contributed by atoms with van der Waals surface area (Å²) in [6, 6.07) is 15.0. The SMILES string of the molecule is CC[C@@H](C)NC(=O)c1ccc(-c2cnc(Oc3ccc(OC)cc3)nc2)cc1. The lowest BCUT2D eigenvalue weighted by Crippen LogP contribution is -2.31. The molecule has 0 saturated heterocycles. The summed E-state index contributed by atoms with van der Waals surface area (Å²) in [6.07, 6.45) is 4.28. The van der Waals surface area contributed by atoms with Gasteiger partial charge in [-0.3, -0.25) is 4.79 Å². The summed E-state index contributed by atoms with van der Waals surface area (Å²) in [5, 5.41) is 2.95. The molecule has 6 heteroatoms. The first kappa shape index (κ1) is 19.4. The quantitative estimate of drug-likeness (QED) is 0.657. The number of ether oxygens (including phenoxy) is 2. The van der Waals surface area contributed by atoms with E-state index >= 15 is 0 Å². The number of benzene rings is 2. The van der Waals surface area contributed by atoms with E-state index in [0.29, 0.717) is 11.3 Å². The van der Waals surface area contributed by atoms with Crippen LogP contribution in [0.4, 0.5) is 0 Å². The Hall–Kier alpha value is -3.41. The third-order valence-corrected chi connectivity index (χ3v) is 4.37. The lowest BCUT2D eigenvalue weighted by atomic mass is 10.1. The molecule has 0 spiro atoms. The Balaban J connectivity index is 1.66. The predicted octanol–water partition coefficient (Wildman–Crippen LogP) is 4.47. The largest absolute Gasteiger partial charge is 0.497 e. The minimum absolute atomic E-state index is 0.0691. The van der Waals surface area contributed by atoms with E-state index in [4.69, 9.17) is 9.47 Å². The number of hydrogen-bond acceptors (Lipinski definition) is 5. The molecule has 1 atom stereocenters. The molecule has 0 fully saturated rings. The molecule has 6 nitrogen and oxygen atoms in total. The van der Waals surface area contributed by atoms with Gasteiger partial charge in [-0.05, 0) is 55.3 Å². The summed E-state index contributed by atoms with van der Waals surface area (Å²) in [7, 11) is 1.61. The van der Waals surface area contributed by atoms with Gasteiger partial charge in [-0.1, -0.05) is 19.1 Å². The van der Waals surface area contributed by atoms with Crippen LogP contribution in [-0.4, -0.2) is 29.0 Å². The predicted molar refractivity (Wildman–Crippen MR) is 108 cm³/mol. The summed E-state index contributed by atoms with van der Waals surface area (Å²) in [4.78, 5) is 20.7. The zero-order chi connectivity index (χ0) is 19.9. The van der Waals surface area contributed by atoms with E-state index in [1.807, 2.05) is 38.1 Å². The van der Waals surface area contributed by atoms with E-state index in [0.717, 1.165) is 23.3 Å². The molecule has 0 aliphatic heterocycles. The lowest BCUT2D eigenvalue weighted by molar-refractivity contribution is 0.0939. The van der Waals surface area contributed by atoms with Crippen molar-refractivity contribution in [1.82, 2.24) is 15.3 Å². The summed E-state index contributed by atoms with van der Waals surface area (Å²) in [5.41, 5.74) is 2.40. The molecule has 1 amide bonds. The molecule has 144 valence electrons. The third kappa shape index (κ3) is 4.85. The van der Waals surface area contributed by atoms with Gasteiger partial charge in [0.15, 0.2) is 0 Å². The maximum Gasteiger partial charge on any atom is 0.321 e. The highest BCUT2D eigenvalue weighted by molar-refractivity contribution is 5.94. The maximum atomic E-state index is 12.2. The number of rotatable bonds is 7. The van der Waals surface area contributed by atoms with Crippen LogP contribution in [0.25, 0.3) is 11.1 Å². The Morgan fingerprint density at radius 2 is 1.57 bits per heavy atom. The van der Waals surface area contributed by atoms with E-state index in [1.165, 1.54) is 0 Å². The molecular weight excluding hydrogens is 354 g/mol. The average Bonchev–Trinajstić information content (AvgIpc) is 2.75. The molecule has 28 heavy (non-hydrogen) atoms. The molecular formula is C22H23N3O3. The van der Waals surface area contributed by atoms with Crippen molar-refractivity contribution in [3.8, 4) is 28.6 Å². The highest BCUT2D eigenvalue weighted by Crippen LogP contribution is 2.23. The third-order valence-electron chi connectivity index (χ3n) is 4.37. The van der Waals surface area contributed by atoms with Crippen molar-refractivity contribution in [2.75, 3.05) is 7.11 Å². The average molecular weight is 377 g/mol. The fraction of sp³-hybridized carbons (Fsp3) is 0.227. The van der Waals surface area contributed by atoms with E-state index in [-0.39, 0.29) is 18.0 Å². The second-order valence-corrected chi connectivity index (χ2v) is 6.39. The Kier molecular flexibility index (Phi) is 6.22. The van der Waals surface area contributed by atoms with Crippen molar-refractivity contribution in [1.29, 1.82) is 0 Å². The van der Waals surface area contributed by atoms with E-state index in [2.05, 4.69) is 15.3 Å². The Bertz CT molecular complexity index is 907. The van der Waals surface area contributed by atoms with Crippen LogP contribution in [0.2, 0.25) is 0 Å². The van der Waals surface area contributed by atoms with Gasteiger partial charge >= 0.3 is 6.01 Å². The number of methoxy groups -OCH3 is 1. The van der Waals surface area contributed by atoms with Gasteiger partial charge in [0.1, 0.15) is 11.5 Å². The Labute approximate surface area is 164 Å². The zero-order valence-electron chi connectivity index (χ0n) is 16.2. The minimum Gasteiger partial charge on any atom is -0.497 e. The monoisotopic (exact) mass is 377 g/mol. The number of carbonyl (C=O) groups excluding carboxylic acids is 1. The maximum absolute atomic E-state index is 12.2. The van der Waals surface area contributed by atoms with Crippen molar-refractivity contribution in [2.24, 2.45) is 0 Å². The summed E-state index contributed by atoms with van der Waals surface area (Å²) in [5.74, 6) is 1.32. The highest BCUT2D eigenvalue weighted by Gasteiger charge is 2.09. The molecule has 0 saturated carbocycles. The van der Waals surface area contributed by atoms with Crippen LogP contribution in [0, 0.1) is 0 Å². The van der Waals surface area contributed by atoms with Crippen LogP contribution in [-0.2, 0) is 0 Å². The molecule has 1 heterocycles. The van der Waals surface area contributed by atoms with E-state index < -0.39 is 0 Å². The molecule has 1 N–H and O–H groups in total. The number of nitrogens with one attached hydrogen (secondary N) is 1. The molecule has 0 aliphatic carbocycles. The molecule has 3 rings (SSSR count). The molecule has 0 unspecified atom stereocenters. The van der Waals surface area contributed by atoms with Gasteiger partial charge in [-0.25, -0.2) is 9.97 Å². The Morgan fingerprint density at radius 3 is 2.14 bits per heavy atom. The molecule has 1 aromatic heterocycles. The van der Waals surface area contributed by atoms with Crippen molar-refractivity contribution in [2.45, 2.75) is 26.3 Å². The molecule has 0 aliphatic rings. The van der Waals surface area contributed by atoms with Gasteiger partial charge in [-0.15, -0.1) is 0 Å². The molecule has 0 bridgehead atoms. The topological polar surface area (TPSA) is 73.3 Å². The van der Waals surface area contributed by atoms with Crippen LogP contribution in [0.3, 0.4) is 0 Å². The summed E-state index contributed by atoms with van der Waals surface area (Å²) >= 11 is 0. The minimum atomic E-state index is -0.0691. The first-order valence-corrected chi connectivity index (χ1v) is 9.14. The molecule has 2 aromatic carbocycles.